The van der Waals surface area contributed by atoms with Crippen molar-refractivity contribution in [3.63, 3.8) is 0 Å². The third-order valence-corrected chi connectivity index (χ3v) is 1.64. The minimum atomic E-state index is 0.759. The van der Waals surface area contributed by atoms with E-state index in [2.05, 4.69) is 9.97 Å². The summed E-state index contributed by atoms with van der Waals surface area (Å²) >= 11 is 0. The Morgan fingerprint density at radius 1 is 1.33 bits per heavy atom. The quantitative estimate of drug-likeness (QED) is 0.589. The first-order valence-electron chi connectivity index (χ1n) is 4.31. The standard InChI is InChI=1S/C7H8N2O.C2H6/c1-5-7-6(2-3-10-7)9-4-8-5;1-2/h4H,2-3H2,1H3;1-2H3. The molecule has 1 aromatic rings. The SMILES string of the molecule is CC.Cc1ncnc2c1OCC2. The van der Waals surface area contributed by atoms with Gasteiger partial charge in [0, 0.05) is 6.42 Å². The summed E-state index contributed by atoms with van der Waals surface area (Å²) in [6.07, 6.45) is 2.52. The van der Waals surface area contributed by atoms with E-state index in [4.69, 9.17) is 4.74 Å². The number of rotatable bonds is 0. The van der Waals surface area contributed by atoms with Gasteiger partial charge in [-0.3, -0.25) is 0 Å². The number of nitrogens with zero attached hydrogens (tertiary/aromatic N) is 2. The van der Waals surface area contributed by atoms with Crippen molar-refractivity contribution in [3.05, 3.63) is 17.7 Å². The van der Waals surface area contributed by atoms with Crippen molar-refractivity contribution in [1.29, 1.82) is 0 Å². The van der Waals surface area contributed by atoms with Crippen molar-refractivity contribution < 1.29 is 4.74 Å². The molecule has 66 valence electrons. The highest BCUT2D eigenvalue weighted by Gasteiger charge is 2.15. The molecular formula is C9H14N2O. The molecule has 1 aromatic heterocycles. The van der Waals surface area contributed by atoms with E-state index in [-0.39, 0.29) is 0 Å². The summed E-state index contributed by atoms with van der Waals surface area (Å²) in [5, 5.41) is 0. The minimum absolute atomic E-state index is 0.759. The van der Waals surface area contributed by atoms with Gasteiger partial charge in [-0.1, -0.05) is 13.8 Å². The fourth-order valence-corrected chi connectivity index (χ4v) is 1.13. The van der Waals surface area contributed by atoms with Crippen LogP contribution in [0.4, 0.5) is 0 Å². The second-order valence-corrected chi connectivity index (χ2v) is 2.33. The monoisotopic (exact) mass is 166 g/mol. The summed E-state index contributed by atoms with van der Waals surface area (Å²) in [5.41, 5.74) is 2.00. The molecule has 0 aromatic carbocycles. The lowest BCUT2D eigenvalue weighted by Crippen LogP contribution is -1.90. The molecule has 1 aliphatic rings. The highest BCUT2D eigenvalue weighted by atomic mass is 16.5. The van der Waals surface area contributed by atoms with E-state index < -0.39 is 0 Å². The van der Waals surface area contributed by atoms with Crippen LogP contribution in [0.1, 0.15) is 25.2 Å². The third-order valence-electron chi connectivity index (χ3n) is 1.64. The Labute approximate surface area is 72.8 Å². The first-order valence-corrected chi connectivity index (χ1v) is 4.31. The summed E-state index contributed by atoms with van der Waals surface area (Å²) < 4.78 is 5.30. The lowest BCUT2D eigenvalue weighted by Gasteiger charge is -1.98. The smallest absolute Gasteiger partial charge is 0.162 e. The second kappa shape index (κ2) is 4.04. The van der Waals surface area contributed by atoms with Gasteiger partial charge in [0.25, 0.3) is 0 Å². The van der Waals surface area contributed by atoms with E-state index in [1.807, 2.05) is 20.8 Å². The molecule has 1 aliphatic heterocycles. The topological polar surface area (TPSA) is 35.0 Å². The fourth-order valence-electron chi connectivity index (χ4n) is 1.13. The van der Waals surface area contributed by atoms with Crippen LogP contribution >= 0.6 is 0 Å². The predicted molar refractivity (Wildman–Crippen MR) is 47.3 cm³/mol. The van der Waals surface area contributed by atoms with Crippen molar-refractivity contribution in [2.24, 2.45) is 0 Å². The highest BCUT2D eigenvalue weighted by molar-refractivity contribution is 5.33. The molecule has 0 amide bonds. The van der Waals surface area contributed by atoms with E-state index >= 15 is 0 Å². The van der Waals surface area contributed by atoms with E-state index in [1.165, 1.54) is 0 Å². The third kappa shape index (κ3) is 1.55. The van der Waals surface area contributed by atoms with Gasteiger partial charge in [0.05, 0.1) is 18.0 Å². The normalized spacial score (nSPS) is 12.6. The van der Waals surface area contributed by atoms with Crippen LogP contribution in [0.25, 0.3) is 0 Å². The molecule has 0 atom stereocenters. The number of aryl methyl sites for hydroxylation is 1. The van der Waals surface area contributed by atoms with Gasteiger partial charge in [0.15, 0.2) is 5.75 Å². The van der Waals surface area contributed by atoms with Crippen molar-refractivity contribution in [1.82, 2.24) is 9.97 Å². The van der Waals surface area contributed by atoms with Gasteiger partial charge in [0.2, 0.25) is 0 Å². The fraction of sp³-hybridized carbons (Fsp3) is 0.556. The molecule has 3 heteroatoms. The van der Waals surface area contributed by atoms with Crippen LogP contribution in [0.5, 0.6) is 5.75 Å². The van der Waals surface area contributed by atoms with Crippen LogP contribution in [0.2, 0.25) is 0 Å². The number of hydrogen-bond acceptors (Lipinski definition) is 3. The Bertz CT molecular complexity index is 261. The lowest BCUT2D eigenvalue weighted by atomic mass is 10.3. The van der Waals surface area contributed by atoms with E-state index in [0.717, 1.165) is 30.2 Å². The maximum atomic E-state index is 5.30. The molecular weight excluding hydrogens is 152 g/mol. The van der Waals surface area contributed by atoms with Gasteiger partial charge in [-0.05, 0) is 6.92 Å². The van der Waals surface area contributed by atoms with Gasteiger partial charge in [0.1, 0.15) is 6.33 Å². The van der Waals surface area contributed by atoms with Crippen molar-refractivity contribution in [2.45, 2.75) is 27.2 Å². The molecule has 0 bridgehead atoms. The molecule has 0 aliphatic carbocycles. The summed E-state index contributed by atoms with van der Waals surface area (Å²) in [4.78, 5) is 8.10. The Balaban J connectivity index is 0.000000336. The van der Waals surface area contributed by atoms with Gasteiger partial charge >= 0.3 is 0 Å². The molecule has 0 saturated carbocycles. The summed E-state index contributed by atoms with van der Waals surface area (Å²) in [6, 6.07) is 0. The number of hydrogen-bond donors (Lipinski definition) is 0. The average Bonchev–Trinajstić information content (AvgIpc) is 2.57. The van der Waals surface area contributed by atoms with E-state index in [9.17, 15) is 0 Å². The van der Waals surface area contributed by atoms with Gasteiger partial charge in [-0.25, -0.2) is 9.97 Å². The van der Waals surface area contributed by atoms with Crippen LogP contribution in [-0.4, -0.2) is 16.6 Å². The van der Waals surface area contributed by atoms with E-state index in [0.29, 0.717) is 0 Å². The minimum Gasteiger partial charge on any atom is -0.489 e. The maximum Gasteiger partial charge on any atom is 0.162 e. The number of fused-ring (bicyclic) bond motifs is 1. The zero-order valence-electron chi connectivity index (χ0n) is 7.79. The van der Waals surface area contributed by atoms with Crippen LogP contribution in [0.15, 0.2) is 6.33 Å². The molecule has 2 rings (SSSR count). The molecule has 2 heterocycles. The van der Waals surface area contributed by atoms with Crippen molar-refractivity contribution in [2.75, 3.05) is 6.61 Å². The van der Waals surface area contributed by atoms with Gasteiger partial charge in [-0.2, -0.15) is 0 Å². The first kappa shape index (κ1) is 8.97. The lowest BCUT2D eigenvalue weighted by molar-refractivity contribution is 0.353. The molecule has 3 nitrogen and oxygen atoms in total. The predicted octanol–water partition coefficient (Wildman–Crippen LogP) is 1.75. The number of aromatic nitrogens is 2. The Hall–Kier alpha value is -1.12. The highest BCUT2D eigenvalue weighted by Crippen LogP contribution is 2.24. The van der Waals surface area contributed by atoms with Gasteiger partial charge < -0.3 is 4.74 Å². The molecule has 0 saturated heterocycles. The van der Waals surface area contributed by atoms with E-state index in [1.54, 1.807) is 6.33 Å². The van der Waals surface area contributed by atoms with Crippen molar-refractivity contribution >= 4 is 0 Å². The zero-order chi connectivity index (χ0) is 8.97. The summed E-state index contributed by atoms with van der Waals surface area (Å²) in [5.74, 6) is 0.891. The molecule has 0 radical (unpaired) electrons. The molecule has 0 fully saturated rings. The van der Waals surface area contributed by atoms with Crippen LogP contribution in [-0.2, 0) is 6.42 Å². The molecule has 0 N–H and O–H groups in total. The van der Waals surface area contributed by atoms with Crippen LogP contribution in [0.3, 0.4) is 0 Å². The zero-order valence-corrected chi connectivity index (χ0v) is 7.79. The maximum absolute atomic E-state index is 5.30. The summed E-state index contributed by atoms with van der Waals surface area (Å²) in [6.45, 7) is 6.70. The Morgan fingerprint density at radius 2 is 2.08 bits per heavy atom. The van der Waals surface area contributed by atoms with Crippen LogP contribution < -0.4 is 4.74 Å². The Morgan fingerprint density at radius 3 is 2.75 bits per heavy atom. The largest absolute Gasteiger partial charge is 0.489 e. The number of ether oxygens (including phenoxy) is 1. The van der Waals surface area contributed by atoms with Crippen molar-refractivity contribution in [3.8, 4) is 5.75 Å². The summed E-state index contributed by atoms with van der Waals surface area (Å²) in [7, 11) is 0. The van der Waals surface area contributed by atoms with Gasteiger partial charge in [-0.15, -0.1) is 0 Å². The first-order chi connectivity index (χ1) is 5.88. The molecule has 12 heavy (non-hydrogen) atoms. The Kier molecular flexibility index (Phi) is 3.02. The molecule has 0 spiro atoms. The second-order valence-electron chi connectivity index (χ2n) is 2.33. The van der Waals surface area contributed by atoms with Crippen LogP contribution in [0, 0.1) is 6.92 Å². The molecule has 0 unspecified atom stereocenters. The average molecular weight is 166 g/mol.